The smallest absolute Gasteiger partial charge is 0.0198 e. The summed E-state index contributed by atoms with van der Waals surface area (Å²) < 4.78 is 0. The van der Waals surface area contributed by atoms with Gasteiger partial charge in [0, 0.05) is 0 Å². The molecule has 150 valence electrons. The Morgan fingerprint density at radius 3 is 1.85 bits per heavy atom. The minimum atomic E-state index is 0.720. The van der Waals surface area contributed by atoms with Crippen molar-refractivity contribution in [2.24, 2.45) is 5.92 Å². The van der Waals surface area contributed by atoms with Crippen LogP contribution >= 0.6 is 0 Å². The zero-order valence-corrected chi connectivity index (χ0v) is 17.8. The van der Waals surface area contributed by atoms with Crippen molar-refractivity contribution in [3.63, 3.8) is 0 Å². The van der Waals surface area contributed by atoms with Gasteiger partial charge in [0.15, 0.2) is 0 Å². The van der Waals surface area contributed by atoms with Crippen molar-refractivity contribution < 1.29 is 0 Å². The van der Waals surface area contributed by atoms with Crippen LogP contribution in [-0.2, 0) is 0 Å². The van der Waals surface area contributed by atoms with Crippen LogP contribution in [0.25, 0.3) is 0 Å². The molecular weight excluding hydrogens is 312 g/mol. The molecule has 0 saturated carbocycles. The standard InChI is InChI=1S/C26H46/c1-3-5-6-7-8-9-10-11-12-13-14-15-16-17-18-19-20-26-23-21-25(4-2)22-24-26/h4,19-20,23,25H,2-3,5-18,21-22,24H2,1H3. The first-order valence-corrected chi connectivity index (χ1v) is 11.8. The number of rotatable bonds is 17. The van der Waals surface area contributed by atoms with Crippen LogP contribution in [0.1, 0.15) is 122 Å². The summed E-state index contributed by atoms with van der Waals surface area (Å²) in [6.07, 6.45) is 34.5. The van der Waals surface area contributed by atoms with Crippen LogP contribution in [0.2, 0.25) is 0 Å². The average molecular weight is 359 g/mol. The highest BCUT2D eigenvalue weighted by atomic mass is 14.1. The summed E-state index contributed by atoms with van der Waals surface area (Å²) in [7, 11) is 0. The van der Waals surface area contributed by atoms with Crippen LogP contribution in [-0.4, -0.2) is 0 Å². The molecule has 0 aliphatic heterocycles. The molecule has 0 bridgehead atoms. The molecule has 0 aromatic carbocycles. The van der Waals surface area contributed by atoms with Crippen LogP contribution in [0.15, 0.2) is 36.5 Å². The van der Waals surface area contributed by atoms with Gasteiger partial charge >= 0.3 is 0 Å². The van der Waals surface area contributed by atoms with Crippen LogP contribution in [0, 0.1) is 5.92 Å². The van der Waals surface area contributed by atoms with Crippen molar-refractivity contribution >= 4 is 0 Å². The second-order valence-electron chi connectivity index (χ2n) is 8.34. The molecule has 0 spiro atoms. The third kappa shape index (κ3) is 13.4. The molecule has 0 fully saturated rings. The lowest BCUT2D eigenvalue weighted by atomic mass is 9.89. The molecule has 0 saturated heterocycles. The predicted molar refractivity (Wildman–Crippen MR) is 120 cm³/mol. The van der Waals surface area contributed by atoms with E-state index in [1.807, 2.05) is 0 Å². The van der Waals surface area contributed by atoms with E-state index in [0.717, 1.165) is 5.92 Å². The summed E-state index contributed by atoms with van der Waals surface area (Å²) in [5, 5.41) is 0. The first kappa shape index (κ1) is 23.3. The molecule has 1 atom stereocenters. The van der Waals surface area contributed by atoms with Crippen molar-refractivity contribution in [2.75, 3.05) is 0 Å². The van der Waals surface area contributed by atoms with E-state index in [0.29, 0.717) is 0 Å². The Hall–Kier alpha value is -0.780. The molecule has 1 unspecified atom stereocenters. The molecule has 26 heavy (non-hydrogen) atoms. The topological polar surface area (TPSA) is 0 Å². The molecule has 0 nitrogen and oxygen atoms in total. The van der Waals surface area contributed by atoms with E-state index >= 15 is 0 Å². The van der Waals surface area contributed by atoms with Crippen LogP contribution < -0.4 is 0 Å². The molecule has 0 radical (unpaired) electrons. The lowest BCUT2D eigenvalue weighted by molar-refractivity contribution is 0.536. The van der Waals surface area contributed by atoms with Gasteiger partial charge in [-0.25, -0.2) is 0 Å². The van der Waals surface area contributed by atoms with E-state index in [9.17, 15) is 0 Å². The lowest BCUT2D eigenvalue weighted by Crippen LogP contribution is -2.01. The second-order valence-corrected chi connectivity index (χ2v) is 8.34. The van der Waals surface area contributed by atoms with Crippen molar-refractivity contribution in [2.45, 2.75) is 122 Å². The fraction of sp³-hybridized carbons (Fsp3) is 0.769. The van der Waals surface area contributed by atoms with Gasteiger partial charge in [0.2, 0.25) is 0 Å². The molecule has 0 amide bonds. The number of allylic oxidation sites excluding steroid dienone is 5. The van der Waals surface area contributed by atoms with E-state index in [4.69, 9.17) is 0 Å². The van der Waals surface area contributed by atoms with Crippen molar-refractivity contribution in [1.29, 1.82) is 0 Å². The quantitative estimate of drug-likeness (QED) is 0.179. The van der Waals surface area contributed by atoms with Crippen molar-refractivity contribution in [3.8, 4) is 0 Å². The molecule has 0 heteroatoms. The first-order valence-electron chi connectivity index (χ1n) is 11.8. The van der Waals surface area contributed by atoms with Crippen LogP contribution in [0.3, 0.4) is 0 Å². The van der Waals surface area contributed by atoms with Gasteiger partial charge in [0.25, 0.3) is 0 Å². The molecular formula is C26H46. The maximum absolute atomic E-state index is 3.91. The Kier molecular flexibility index (Phi) is 15.8. The van der Waals surface area contributed by atoms with Gasteiger partial charge in [-0.05, 0) is 38.0 Å². The molecule has 1 rings (SSSR count). The number of hydrogen-bond acceptors (Lipinski definition) is 0. The van der Waals surface area contributed by atoms with Crippen molar-refractivity contribution in [1.82, 2.24) is 0 Å². The summed E-state index contributed by atoms with van der Waals surface area (Å²) >= 11 is 0. The minimum absolute atomic E-state index is 0.720. The zero-order chi connectivity index (χ0) is 18.7. The summed E-state index contributed by atoms with van der Waals surface area (Å²) in [6.45, 7) is 6.21. The third-order valence-electron chi connectivity index (χ3n) is 5.88. The van der Waals surface area contributed by atoms with Crippen LogP contribution in [0.4, 0.5) is 0 Å². The highest BCUT2D eigenvalue weighted by Crippen LogP contribution is 2.25. The summed E-state index contributed by atoms with van der Waals surface area (Å²) in [5.41, 5.74) is 1.55. The highest BCUT2D eigenvalue weighted by molar-refractivity contribution is 5.21. The number of unbranched alkanes of at least 4 members (excludes halogenated alkanes) is 14. The SMILES string of the molecule is C=CC1CC=C(C=CCCCCCCCCCCCCCCCC)CC1. The normalized spacial score (nSPS) is 17.6. The molecule has 0 aromatic rings. The van der Waals surface area contributed by atoms with Gasteiger partial charge in [-0.15, -0.1) is 6.58 Å². The Labute approximate surface area is 165 Å². The Balaban J connectivity index is 1.79. The Morgan fingerprint density at radius 1 is 0.846 bits per heavy atom. The largest absolute Gasteiger partial charge is 0.103 e. The van der Waals surface area contributed by atoms with Gasteiger partial charge in [-0.1, -0.05) is 120 Å². The van der Waals surface area contributed by atoms with E-state index in [1.54, 1.807) is 5.57 Å². The first-order chi connectivity index (χ1) is 12.9. The van der Waals surface area contributed by atoms with E-state index < -0.39 is 0 Å². The highest BCUT2D eigenvalue weighted by Gasteiger charge is 2.08. The van der Waals surface area contributed by atoms with Crippen LogP contribution in [0.5, 0.6) is 0 Å². The maximum atomic E-state index is 3.91. The van der Waals surface area contributed by atoms with E-state index in [2.05, 4.69) is 37.8 Å². The summed E-state index contributed by atoms with van der Waals surface area (Å²) in [5.74, 6) is 0.720. The van der Waals surface area contributed by atoms with Gasteiger partial charge in [0.1, 0.15) is 0 Å². The number of hydrogen-bond donors (Lipinski definition) is 0. The second kappa shape index (κ2) is 17.6. The fourth-order valence-corrected chi connectivity index (χ4v) is 3.93. The monoisotopic (exact) mass is 358 g/mol. The Bertz CT molecular complexity index is 373. The lowest BCUT2D eigenvalue weighted by Gasteiger charge is -2.16. The molecule has 1 aliphatic carbocycles. The van der Waals surface area contributed by atoms with Gasteiger partial charge in [-0.2, -0.15) is 0 Å². The zero-order valence-electron chi connectivity index (χ0n) is 17.8. The maximum Gasteiger partial charge on any atom is -0.0198 e. The van der Waals surface area contributed by atoms with Crippen molar-refractivity contribution in [3.05, 3.63) is 36.5 Å². The molecule has 0 aromatic heterocycles. The van der Waals surface area contributed by atoms with Gasteiger partial charge in [0.05, 0.1) is 0 Å². The third-order valence-corrected chi connectivity index (χ3v) is 5.88. The minimum Gasteiger partial charge on any atom is -0.103 e. The van der Waals surface area contributed by atoms with E-state index in [-0.39, 0.29) is 0 Å². The fourth-order valence-electron chi connectivity index (χ4n) is 3.93. The molecule has 1 aliphatic rings. The predicted octanol–water partition coefficient (Wildman–Crippen LogP) is 9.33. The van der Waals surface area contributed by atoms with Gasteiger partial charge < -0.3 is 0 Å². The summed E-state index contributed by atoms with van der Waals surface area (Å²) in [4.78, 5) is 0. The molecule has 0 N–H and O–H groups in total. The van der Waals surface area contributed by atoms with E-state index in [1.165, 1.54) is 116 Å². The Morgan fingerprint density at radius 2 is 1.38 bits per heavy atom. The molecule has 0 heterocycles. The average Bonchev–Trinajstić information content (AvgIpc) is 2.68. The van der Waals surface area contributed by atoms with Gasteiger partial charge in [-0.3, -0.25) is 0 Å². The summed E-state index contributed by atoms with van der Waals surface area (Å²) in [6, 6.07) is 0.